The minimum Gasteiger partial charge on any atom is -0.341 e. The summed E-state index contributed by atoms with van der Waals surface area (Å²) in [6.45, 7) is 4.01. The fourth-order valence-corrected chi connectivity index (χ4v) is 2.31. The van der Waals surface area contributed by atoms with Gasteiger partial charge in [0.25, 0.3) is 0 Å². The second kappa shape index (κ2) is 6.56. The fourth-order valence-electron chi connectivity index (χ4n) is 2.31. The largest absolute Gasteiger partial charge is 0.341 e. The van der Waals surface area contributed by atoms with Crippen LogP contribution < -0.4 is 5.69 Å². The van der Waals surface area contributed by atoms with E-state index < -0.39 is 0 Å². The van der Waals surface area contributed by atoms with Crippen LogP contribution in [0, 0.1) is 0 Å². The average Bonchev–Trinajstić information content (AvgIpc) is 2.81. The van der Waals surface area contributed by atoms with Gasteiger partial charge in [-0.05, 0) is 19.9 Å². The number of nitrogens with zero attached hydrogens (tertiary/aromatic N) is 3. The van der Waals surface area contributed by atoms with Crippen molar-refractivity contribution < 1.29 is 4.79 Å². The summed E-state index contributed by atoms with van der Waals surface area (Å²) in [6.07, 6.45) is 6.25. The average molecular weight is 266 g/mol. The zero-order valence-electron chi connectivity index (χ0n) is 11.5. The van der Waals surface area contributed by atoms with Crippen molar-refractivity contribution in [3.05, 3.63) is 22.9 Å². The molecule has 19 heavy (non-hydrogen) atoms. The Balaban J connectivity index is 1.69. The Morgan fingerprint density at radius 3 is 2.74 bits per heavy atom. The highest BCUT2D eigenvalue weighted by Crippen LogP contribution is 2.09. The van der Waals surface area contributed by atoms with Gasteiger partial charge in [0, 0.05) is 51.5 Å². The van der Waals surface area contributed by atoms with Crippen LogP contribution >= 0.6 is 0 Å². The van der Waals surface area contributed by atoms with Crippen LogP contribution in [0.3, 0.4) is 0 Å². The summed E-state index contributed by atoms with van der Waals surface area (Å²) >= 11 is 0. The van der Waals surface area contributed by atoms with Crippen molar-refractivity contribution in [2.24, 2.45) is 0 Å². The maximum absolute atomic E-state index is 11.7. The number of aromatic amines is 1. The lowest BCUT2D eigenvalue weighted by molar-refractivity contribution is -0.133. The second-order valence-corrected chi connectivity index (χ2v) is 5.10. The molecule has 0 unspecified atom stereocenters. The Labute approximate surface area is 113 Å². The lowest BCUT2D eigenvalue weighted by atomic mass is 10.1. The van der Waals surface area contributed by atoms with E-state index in [0.717, 1.165) is 39.0 Å². The molecule has 0 aromatic carbocycles. The SMILES string of the molecule is CN(CCN1CCCCC1=O)CCn1cc[nH]c1=O. The Morgan fingerprint density at radius 2 is 2.05 bits per heavy atom. The number of likely N-dealkylation sites (tertiary alicyclic amines) is 1. The molecular weight excluding hydrogens is 244 g/mol. The van der Waals surface area contributed by atoms with Crippen molar-refractivity contribution in [2.45, 2.75) is 25.8 Å². The second-order valence-electron chi connectivity index (χ2n) is 5.10. The van der Waals surface area contributed by atoms with E-state index in [0.29, 0.717) is 13.0 Å². The number of imidazole rings is 1. The topological polar surface area (TPSA) is 61.3 Å². The lowest BCUT2D eigenvalue weighted by Gasteiger charge is -2.28. The van der Waals surface area contributed by atoms with Crippen LogP contribution in [0.2, 0.25) is 0 Å². The van der Waals surface area contributed by atoms with Crippen molar-refractivity contribution in [3.63, 3.8) is 0 Å². The van der Waals surface area contributed by atoms with Gasteiger partial charge in [-0.15, -0.1) is 0 Å². The summed E-state index contributed by atoms with van der Waals surface area (Å²) in [5.74, 6) is 0.279. The number of likely N-dealkylation sites (N-methyl/N-ethyl adjacent to an activating group) is 1. The smallest absolute Gasteiger partial charge is 0.325 e. The molecule has 0 atom stereocenters. The van der Waals surface area contributed by atoms with Crippen molar-refractivity contribution in [2.75, 3.05) is 33.2 Å². The van der Waals surface area contributed by atoms with E-state index in [1.165, 1.54) is 0 Å². The molecule has 2 heterocycles. The zero-order chi connectivity index (χ0) is 13.7. The van der Waals surface area contributed by atoms with Crippen LogP contribution in [0.15, 0.2) is 17.2 Å². The Bertz CT molecular complexity index is 465. The molecule has 1 saturated heterocycles. The predicted octanol–water partition coefficient (Wildman–Crippen LogP) is 0.121. The van der Waals surface area contributed by atoms with Crippen molar-refractivity contribution in [3.8, 4) is 0 Å². The van der Waals surface area contributed by atoms with Gasteiger partial charge in [0.1, 0.15) is 0 Å². The number of hydrogen-bond acceptors (Lipinski definition) is 3. The van der Waals surface area contributed by atoms with Gasteiger partial charge in [0.15, 0.2) is 0 Å². The minimum absolute atomic E-state index is 0.0698. The van der Waals surface area contributed by atoms with Gasteiger partial charge in [-0.1, -0.05) is 0 Å². The molecule has 1 aromatic rings. The molecule has 0 spiro atoms. The van der Waals surface area contributed by atoms with E-state index in [-0.39, 0.29) is 11.6 Å². The summed E-state index contributed by atoms with van der Waals surface area (Å²) in [5, 5.41) is 0. The third-order valence-electron chi connectivity index (χ3n) is 3.62. The molecule has 1 aliphatic rings. The molecule has 0 aliphatic carbocycles. The van der Waals surface area contributed by atoms with Gasteiger partial charge in [0.2, 0.25) is 5.91 Å². The molecule has 1 aromatic heterocycles. The Hall–Kier alpha value is -1.56. The lowest BCUT2D eigenvalue weighted by Crippen LogP contribution is -2.41. The first-order chi connectivity index (χ1) is 9.16. The molecule has 1 fully saturated rings. The molecule has 1 N–H and O–H groups in total. The minimum atomic E-state index is -0.0698. The fraction of sp³-hybridized carbons (Fsp3) is 0.692. The van der Waals surface area contributed by atoms with Crippen LogP contribution in [0.25, 0.3) is 0 Å². The standard InChI is InChI=1S/C13H22N4O2/c1-15(9-11-17-7-5-14-13(17)19)8-10-16-6-3-2-4-12(16)18/h5,7H,2-4,6,8-11H2,1H3,(H,14,19). The summed E-state index contributed by atoms with van der Waals surface area (Å²) < 4.78 is 1.66. The van der Waals surface area contributed by atoms with Crippen LogP contribution in [-0.4, -0.2) is 58.5 Å². The first-order valence-electron chi connectivity index (χ1n) is 6.87. The van der Waals surface area contributed by atoms with Crippen molar-refractivity contribution in [1.29, 1.82) is 0 Å². The van der Waals surface area contributed by atoms with Crippen LogP contribution in [0.4, 0.5) is 0 Å². The predicted molar refractivity (Wildman–Crippen MR) is 73.0 cm³/mol. The van der Waals surface area contributed by atoms with E-state index in [2.05, 4.69) is 9.88 Å². The summed E-state index contributed by atoms with van der Waals surface area (Å²) in [7, 11) is 2.02. The van der Waals surface area contributed by atoms with Gasteiger partial charge in [-0.25, -0.2) is 4.79 Å². The summed E-state index contributed by atoms with van der Waals surface area (Å²) in [4.78, 5) is 29.7. The van der Waals surface area contributed by atoms with Crippen LogP contribution in [-0.2, 0) is 11.3 Å². The number of amides is 1. The quantitative estimate of drug-likeness (QED) is 0.795. The third-order valence-corrected chi connectivity index (χ3v) is 3.62. The maximum Gasteiger partial charge on any atom is 0.325 e. The molecule has 0 radical (unpaired) electrons. The molecule has 1 aliphatic heterocycles. The molecule has 2 rings (SSSR count). The normalized spacial score (nSPS) is 16.3. The number of nitrogens with one attached hydrogen (secondary N) is 1. The van der Waals surface area contributed by atoms with Crippen molar-refractivity contribution >= 4 is 5.91 Å². The number of carbonyl (C=O) groups excluding carboxylic acids is 1. The summed E-state index contributed by atoms with van der Waals surface area (Å²) in [5.41, 5.74) is -0.0698. The molecule has 6 heteroatoms. The Morgan fingerprint density at radius 1 is 1.26 bits per heavy atom. The first-order valence-corrected chi connectivity index (χ1v) is 6.87. The Kier molecular flexibility index (Phi) is 4.79. The van der Waals surface area contributed by atoms with E-state index in [1.807, 2.05) is 11.9 Å². The van der Waals surface area contributed by atoms with Gasteiger partial charge < -0.3 is 14.8 Å². The van der Waals surface area contributed by atoms with E-state index >= 15 is 0 Å². The highest BCUT2D eigenvalue weighted by molar-refractivity contribution is 5.76. The molecule has 106 valence electrons. The zero-order valence-corrected chi connectivity index (χ0v) is 11.5. The molecule has 1 amide bonds. The molecular formula is C13H22N4O2. The molecule has 0 bridgehead atoms. The highest BCUT2D eigenvalue weighted by Gasteiger charge is 2.17. The van der Waals surface area contributed by atoms with E-state index in [4.69, 9.17) is 0 Å². The number of piperidine rings is 1. The summed E-state index contributed by atoms with van der Waals surface area (Å²) in [6, 6.07) is 0. The monoisotopic (exact) mass is 266 g/mol. The van der Waals surface area contributed by atoms with Crippen LogP contribution in [0.5, 0.6) is 0 Å². The van der Waals surface area contributed by atoms with Gasteiger partial charge in [0.05, 0.1) is 0 Å². The number of carbonyl (C=O) groups is 1. The van der Waals surface area contributed by atoms with Gasteiger partial charge >= 0.3 is 5.69 Å². The van der Waals surface area contributed by atoms with Gasteiger partial charge in [-0.2, -0.15) is 0 Å². The van der Waals surface area contributed by atoms with E-state index in [9.17, 15) is 9.59 Å². The molecule has 6 nitrogen and oxygen atoms in total. The maximum atomic E-state index is 11.7. The van der Waals surface area contributed by atoms with E-state index in [1.54, 1.807) is 17.0 Å². The van der Waals surface area contributed by atoms with Crippen molar-refractivity contribution in [1.82, 2.24) is 19.4 Å². The van der Waals surface area contributed by atoms with Gasteiger partial charge in [-0.3, -0.25) is 9.36 Å². The number of aromatic nitrogens is 2. The number of H-pyrrole nitrogens is 1. The third kappa shape index (κ3) is 3.96. The molecule has 0 saturated carbocycles. The number of rotatable bonds is 6. The highest BCUT2D eigenvalue weighted by atomic mass is 16.2. The van der Waals surface area contributed by atoms with Crippen LogP contribution in [0.1, 0.15) is 19.3 Å². The number of hydrogen-bond donors (Lipinski definition) is 1. The first kappa shape index (κ1) is 13.9.